The molecule has 2 aromatic rings. The number of nitrogens with zero attached hydrogens (tertiary/aromatic N) is 2. The Morgan fingerprint density at radius 3 is 1.34 bits per heavy atom. The van der Waals surface area contributed by atoms with Crippen LogP contribution in [-0.2, 0) is 9.84 Å². The van der Waals surface area contributed by atoms with Crippen LogP contribution in [0.1, 0.15) is 34.6 Å². The number of nitro groups is 2. The highest BCUT2D eigenvalue weighted by molar-refractivity contribution is 7.91. The van der Waals surface area contributed by atoms with Crippen molar-refractivity contribution in [3.05, 3.63) is 55.6 Å². The SMILES string of the molecule is CC(=O)c1cc([N+](=O)[O-])c(O)c(S(=O)(=O)c2cc(C(C)=O)cc([N+](=O)[O-])c2O)c1. The number of aromatic hydroxyl groups is 2. The normalized spacial score (nSPS) is 11.1. The van der Waals surface area contributed by atoms with E-state index in [2.05, 4.69) is 0 Å². The molecule has 2 N–H and O–H groups in total. The molecule has 0 saturated carbocycles. The molecule has 0 aromatic heterocycles. The second-order valence-corrected chi connectivity index (χ2v) is 7.70. The molecule has 152 valence electrons. The van der Waals surface area contributed by atoms with Gasteiger partial charge in [-0.2, -0.15) is 0 Å². The third kappa shape index (κ3) is 3.75. The van der Waals surface area contributed by atoms with E-state index in [4.69, 9.17) is 0 Å². The number of phenols is 2. The predicted octanol–water partition coefficient (Wildman–Crippen LogP) is 2.15. The fourth-order valence-electron chi connectivity index (χ4n) is 2.40. The molecular weight excluding hydrogens is 412 g/mol. The third-order valence-electron chi connectivity index (χ3n) is 3.90. The van der Waals surface area contributed by atoms with Gasteiger partial charge in [0.1, 0.15) is 9.79 Å². The van der Waals surface area contributed by atoms with E-state index in [9.17, 15) is 48.4 Å². The Morgan fingerprint density at radius 1 is 0.793 bits per heavy atom. The maximum atomic E-state index is 13.0. The minimum Gasteiger partial charge on any atom is -0.501 e. The van der Waals surface area contributed by atoms with Gasteiger partial charge < -0.3 is 10.2 Å². The van der Waals surface area contributed by atoms with Gasteiger partial charge in [0.25, 0.3) is 0 Å². The van der Waals surface area contributed by atoms with Gasteiger partial charge in [0.2, 0.25) is 21.3 Å². The van der Waals surface area contributed by atoms with E-state index >= 15 is 0 Å². The van der Waals surface area contributed by atoms with Crippen LogP contribution in [0.25, 0.3) is 0 Å². The summed E-state index contributed by atoms with van der Waals surface area (Å²) in [6, 6.07) is 2.58. The molecule has 0 fully saturated rings. The van der Waals surface area contributed by atoms with Crippen molar-refractivity contribution in [1.82, 2.24) is 0 Å². The number of benzene rings is 2. The molecule has 13 heteroatoms. The second-order valence-electron chi connectivity index (χ2n) is 5.81. The van der Waals surface area contributed by atoms with Crippen molar-refractivity contribution >= 4 is 32.8 Å². The van der Waals surface area contributed by atoms with E-state index in [-0.39, 0.29) is 0 Å². The summed E-state index contributed by atoms with van der Waals surface area (Å²) >= 11 is 0. The number of hydrogen-bond acceptors (Lipinski definition) is 10. The summed E-state index contributed by atoms with van der Waals surface area (Å²) in [6.45, 7) is 1.98. The smallest absolute Gasteiger partial charge is 0.312 e. The molecule has 0 unspecified atom stereocenters. The minimum atomic E-state index is -5.04. The van der Waals surface area contributed by atoms with Crippen molar-refractivity contribution in [2.45, 2.75) is 23.6 Å². The Hall–Kier alpha value is -3.87. The first-order valence-corrected chi connectivity index (χ1v) is 9.07. The summed E-state index contributed by atoms with van der Waals surface area (Å²) in [4.78, 5) is 40.9. The average Bonchev–Trinajstić information content (AvgIpc) is 2.60. The molecule has 0 atom stereocenters. The zero-order chi connectivity index (χ0) is 22.3. The number of hydrogen-bond donors (Lipinski definition) is 2. The van der Waals surface area contributed by atoms with Crippen molar-refractivity contribution in [1.29, 1.82) is 0 Å². The molecule has 0 heterocycles. The summed E-state index contributed by atoms with van der Waals surface area (Å²) in [5.41, 5.74) is -3.09. The summed E-state index contributed by atoms with van der Waals surface area (Å²) in [5.74, 6) is -4.21. The highest BCUT2D eigenvalue weighted by Gasteiger charge is 2.34. The zero-order valence-corrected chi connectivity index (χ0v) is 15.6. The molecule has 0 amide bonds. The van der Waals surface area contributed by atoms with Gasteiger partial charge in [-0.15, -0.1) is 0 Å². The Bertz CT molecular complexity index is 1110. The maximum Gasteiger partial charge on any atom is 0.312 e. The zero-order valence-electron chi connectivity index (χ0n) is 14.8. The van der Waals surface area contributed by atoms with Gasteiger partial charge in [0.15, 0.2) is 11.6 Å². The van der Waals surface area contributed by atoms with Gasteiger partial charge in [-0.25, -0.2) is 8.42 Å². The van der Waals surface area contributed by atoms with E-state index in [0.717, 1.165) is 13.8 Å². The molecule has 0 spiro atoms. The van der Waals surface area contributed by atoms with Crippen LogP contribution < -0.4 is 0 Å². The molecular formula is C16H12N2O10S. The first-order chi connectivity index (χ1) is 13.3. The van der Waals surface area contributed by atoms with Crippen molar-refractivity contribution in [3.8, 4) is 11.5 Å². The molecule has 0 radical (unpaired) electrons. The van der Waals surface area contributed by atoms with Crippen LogP contribution >= 0.6 is 0 Å². The van der Waals surface area contributed by atoms with Crippen LogP contribution in [0, 0.1) is 20.2 Å². The summed E-state index contributed by atoms with van der Waals surface area (Å²) in [7, 11) is -5.04. The largest absolute Gasteiger partial charge is 0.501 e. The van der Waals surface area contributed by atoms with Crippen LogP contribution in [-0.4, -0.2) is 40.0 Å². The number of rotatable bonds is 6. The average molecular weight is 424 g/mol. The fraction of sp³-hybridized carbons (Fsp3) is 0.125. The number of nitro benzene ring substituents is 2. The van der Waals surface area contributed by atoms with Crippen molar-refractivity contribution in [2.24, 2.45) is 0 Å². The Morgan fingerprint density at radius 2 is 1.10 bits per heavy atom. The molecule has 2 rings (SSSR count). The van der Waals surface area contributed by atoms with E-state index in [1.165, 1.54) is 0 Å². The van der Waals surface area contributed by atoms with Crippen LogP contribution in [0.15, 0.2) is 34.1 Å². The highest BCUT2D eigenvalue weighted by Crippen LogP contribution is 2.42. The molecule has 0 aliphatic heterocycles. The van der Waals surface area contributed by atoms with Gasteiger partial charge in [-0.3, -0.25) is 29.8 Å². The topological polar surface area (TPSA) is 195 Å². The van der Waals surface area contributed by atoms with Crippen molar-refractivity contribution in [3.63, 3.8) is 0 Å². The van der Waals surface area contributed by atoms with Crippen LogP contribution in [0.5, 0.6) is 11.5 Å². The minimum absolute atomic E-state index is 0.440. The lowest BCUT2D eigenvalue weighted by molar-refractivity contribution is -0.386. The van der Waals surface area contributed by atoms with E-state index in [1.807, 2.05) is 0 Å². The van der Waals surface area contributed by atoms with E-state index in [0.29, 0.717) is 24.3 Å². The molecule has 12 nitrogen and oxygen atoms in total. The van der Waals surface area contributed by atoms with Crippen LogP contribution in [0.2, 0.25) is 0 Å². The molecule has 0 aliphatic rings. The summed E-state index contributed by atoms with van der Waals surface area (Å²) in [6.07, 6.45) is 0. The summed E-state index contributed by atoms with van der Waals surface area (Å²) < 4.78 is 26.0. The summed E-state index contributed by atoms with van der Waals surface area (Å²) in [5, 5.41) is 42.4. The molecule has 29 heavy (non-hydrogen) atoms. The Labute approximate surface area is 162 Å². The number of Topliss-reactive ketones (excluding diaryl/α,β-unsaturated/α-hetero) is 2. The number of sulfone groups is 1. The molecule has 0 saturated heterocycles. The lowest BCUT2D eigenvalue weighted by Crippen LogP contribution is -2.09. The van der Waals surface area contributed by atoms with Gasteiger partial charge in [0, 0.05) is 23.3 Å². The van der Waals surface area contributed by atoms with Crippen LogP contribution in [0.4, 0.5) is 11.4 Å². The first kappa shape index (κ1) is 21.4. The molecule has 2 aromatic carbocycles. The number of phenolic OH excluding ortho intramolecular Hbond substituents is 2. The standard InChI is InChI=1S/C16H12N2O10S/c1-7(19)9-3-11(17(23)24)15(21)13(5-9)29(27,28)14-6-10(8(2)20)4-12(16(14)22)18(25)26/h3-6,21-22H,1-2H3. The highest BCUT2D eigenvalue weighted by atomic mass is 32.2. The van der Waals surface area contributed by atoms with Crippen molar-refractivity contribution in [2.75, 3.05) is 0 Å². The second kappa shape index (κ2) is 7.27. The lowest BCUT2D eigenvalue weighted by atomic mass is 10.1. The monoisotopic (exact) mass is 424 g/mol. The maximum absolute atomic E-state index is 13.0. The third-order valence-corrected chi connectivity index (χ3v) is 5.68. The van der Waals surface area contributed by atoms with Gasteiger partial charge >= 0.3 is 11.4 Å². The predicted molar refractivity (Wildman–Crippen MR) is 95.0 cm³/mol. The Kier molecular flexibility index (Phi) is 5.37. The number of ketones is 2. The van der Waals surface area contributed by atoms with E-state index in [1.54, 1.807) is 0 Å². The molecule has 0 bridgehead atoms. The van der Waals surface area contributed by atoms with Crippen LogP contribution in [0.3, 0.4) is 0 Å². The Balaban J connectivity index is 2.97. The molecule has 0 aliphatic carbocycles. The van der Waals surface area contributed by atoms with Gasteiger partial charge in [-0.05, 0) is 26.0 Å². The quantitative estimate of drug-likeness (QED) is 0.394. The van der Waals surface area contributed by atoms with Gasteiger partial charge in [0.05, 0.1) is 9.85 Å². The number of carbonyl (C=O) groups is 2. The van der Waals surface area contributed by atoms with Crippen molar-refractivity contribution < 1.29 is 38.1 Å². The fourth-order valence-corrected chi connectivity index (χ4v) is 3.92. The van der Waals surface area contributed by atoms with Gasteiger partial charge in [-0.1, -0.05) is 0 Å². The first-order valence-electron chi connectivity index (χ1n) is 7.58. The van der Waals surface area contributed by atoms with E-state index < -0.39 is 75.0 Å². The number of carbonyl (C=O) groups excluding carboxylic acids is 2. The lowest BCUT2D eigenvalue weighted by Gasteiger charge is -2.11.